The first-order chi connectivity index (χ1) is 9.10. The minimum Gasteiger partial charge on any atom is -0.490 e. The van der Waals surface area contributed by atoms with E-state index in [0.717, 1.165) is 0 Å². The second-order valence-corrected chi connectivity index (χ2v) is 3.81. The molecule has 19 heavy (non-hydrogen) atoms. The van der Waals surface area contributed by atoms with E-state index in [9.17, 15) is 15.0 Å². The zero-order chi connectivity index (χ0) is 14.3. The molecule has 1 aromatic rings. The number of benzene rings is 1. The molecule has 0 fully saturated rings. The Labute approximate surface area is 112 Å². The van der Waals surface area contributed by atoms with Crippen molar-refractivity contribution in [2.45, 2.75) is 19.1 Å². The van der Waals surface area contributed by atoms with Gasteiger partial charge in [-0.25, -0.2) is 4.79 Å². The van der Waals surface area contributed by atoms with Gasteiger partial charge in [-0.2, -0.15) is 0 Å². The second kappa shape index (κ2) is 7.56. The van der Waals surface area contributed by atoms with Gasteiger partial charge in [0.1, 0.15) is 18.5 Å². The highest BCUT2D eigenvalue weighted by molar-refractivity contribution is 5.75. The minimum absolute atomic E-state index is 0.150. The molecule has 0 heterocycles. The number of hydrogen-bond acceptors (Lipinski definition) is 5. The molecule has 2 unspecified atom stereocenters. The molecule has 2 N–H and O–H groups in total. The van der Waals surface area contributed by atoms with Crippen molar-refractivity contribution in [1.82, 2.24) is 0 Å². The average Bonchev–Trinajstić information content (AvgIpc) is 2.44. The number of esters is 1. The normalized spacial score (nSPS) is 13.4. The van der Waals surface area contributed by atoms with E-state index in [0.29, 0.717) is 17.9 Å². The number of aliphatic hydroxyl groups excluding tert-OH is 2. The molecule has 5 nitrogen and oxygen atoms in total. The van der Waals surface area contributed by atoms with Crippen molar-refractivity contribution < 1.29 is 24.5 Å². The van der Waals surface area contributed by atoms with Crippen LogP contribution in [-0.4, -0.2) is 35.5 Å². The first kappa shape index (κ1) is 15.2. The average molecular weight is 266 g/mol. The summed E-state index contributed by atoms with van der Waals surface area (Å²) >= 11 is 0. The predicted molar refractivity (Wildman–Crippen MR) is 69.7 cm³/mol. The Morgan fingerprint density at radius 1 is 1.37 bits per heavy atom. The smallest absolute Gasteiger partial charge is 0.338 e. The van der Waals surface area contributed by atoms with Crippen LogP contribution in [0.25, 0.3) is 0 Å². The molecule has 0 radical (unpaired) electrons. The SMILES string of the molecule is C=CCOc1ccc(C(O)C(O)C(=O)OCC)cc1. The maximum absolute atomic E-state index is 11.3. The van der Waals surface area contributed by atoms with Gasteiger partial charge in [-0.05, 0) is 24.6 Å². The highest BCUT2D eigenvalue weighted by atomic mass is 16.5. The highest BCUT2D eigenvalue weighted by Gasteiger charge is 2.26. The van der Waals surface area contributed by atoms with Gasteiger partial charge in [-0.15, -0.1) is 0 Å². The van der Waals surface area contributed by atoms with E-state index in [1.165, 1.54) is 0 Å². The topological polar surface area (TPSA) is 76.0 Å². The van der Waals surface area contributed by atoms with Crippen LogP contribution in [0.15, 0.2) is 36.9 Å². The van der Waals surface area contributed by atoms with Crippen molar-refractivity contribution in [2.75, 3.05) is 13.2 Å². The lowest BCUT2D eigenvalue weighted by Gasteiger charge is -2.17. The van der Waals surface area contributed by atoms with Crippen LogP contribution in [0.1, 0.15) is 18.6 Å². The number of hydrogen-bond donors (Lipinski definition) is 2. The lowest BCUT2D eigenvalue weighted by molar-refractivity contribution is -0.159. The summed E-state index contributed by atoms with van der Waals surface area (Å²) in [6.45, 7) is 5.69. The fourth-order valence-corrected chi connectivity index (χ4v) is 1.46. The Bertz CT molecular complexity index is 412. The van der Waals surface area contributed by atoms with Crippen molar-refractivity contribution in [3.63, 3.8) is 0 Å². The molecule has 0 saturated carbocycles. The first-order valence-electron chi connectivity index (χ1n) is 5.96. The zero-order valence-corrected chi connectivity index (χ0v) is 10.8. The van der Waals surface area contributed by atoms with Gasteiger partial charge in [-0.1, -0.05) is 24.8 Å². The minimum atomic E-state index is -1.60. The van der Waals surface area contributed by atoms with Crippen LogP contribution in [-0.2, 0) is 9.53 Å². The summed E-state index contributed by atoms with van der Waals surface area (Å²) in [7, 11) is 0. The number of ether oxygens (including phenoxy) is 2. The highest BCUT2D eigenvalue weighted by Crippen LogP contribution is 2.21. The van der Waals surface area contributed by atoms with Gasteiger partial charge in [-0.3, -0.25) is 0 Å². The lowest BCUT2D eigenvalue weighted by atomic mass is 10.0. The van der Waals surface area contributed by atoms with E-state index in [-0.39, 0.29) is 6.61 Å². The molecule has 1 rings (SSSR count). The van der Waals surface area contributed by atoms with Crippen LogP contribution in [0.3, 0.4) is 0 Å². The number of rotatable bonds is 7. The zero-order valence-electron chi connectivity index (χ0n) is 10.8. The van der Waals surface area contributed by atoms with Crippen molar-refractivity contribution in [1.29, 1.82) is 0 Å². The van der Waals surface area contributed by atoms with Crippen LogP contribution in [0.5, 0.6) is 5.75 Å². The largest absolute Gasteiger partial charge is 0.490 e. The third kappa shape index (κ3) is 4.39. The second-order valence-electron chi connectivity index (χ2n) is 3.81. The van der Waals surface area contributed by atoms with Crippen LogP contribution in [0, 0.1) is 0 Å². The monoisotopic (exact) mass is 266 g/mol. The molecule has 5 heteroatoms. The standard InChI is InChI=1S/C14H18O5/c1-3-9-19-11-7-5-10(6-8-11)12(15)13(16)14(17)18-4-2/h3,5-8,12-13,15-16H,1,4,9H2,2H3. The summed E-state index contributed by atoms with van der Waals surface area (Å²) in [5.41, 5.74) is 0.409. The van der Waals surface area contributed by atoms with Gasteiger partial charge in [0.25, 0.3) is 0 Å². The molecule has 0 spiro atoms. The molecule has 0 aliphatic rings. The van der Waals surface area contributed by atoms with E-state index in [1.54, 1.807) is 37.3 Å². The van der Waals surface area contributed by atoms with Gasteiger partial charge in [0.05, 0.1) is 6.61 Å². The Kier molecular flexibility index (Phi) is 6.05. The Morgan fingerprint density at radius 2 is 2.00 bits per heavy atom. The summed E-state index contributed by atoms with van der Waals surface area (Å²) in [5.74, 6) is -0.233. The van der Waals surface area contributed by atoms with Gasteiger partial charge >= 0.3 is 5.97 Å². The molecule has 0 aliphatic carbocycles. The summed E-state index contributed by atoms with van der Waals surface area (Å²) in [6.07, 6.45) is -1.31. The third-order valence-corrected chi connectivity index (χ3v) is 2.42. The fourth-order valence-electron chi connectivity index (χ4n) is 1.46. The molecule has 0 aliphatic heterocycles. The van der Waals surface area contributed by atoms with Gasteiger partial charge < -0.3 is 19.7 Å². The summed E-state index contributed by atoms with van der Waals surface area (Å²) in [4.78, 5) is 11.3. The molecule has 0 saturated heterocycles. The van der Waals surface area contributed by atoms with E-state index < -0.39 is 18.2 Å². The van der Waals surface area contributed by atoms with Crippen LogP contribution in [0.4, 0.5) is 0 Å². The van der Waals surface area contributed by atoms with Crippen molar-refractivity contribution in [3.05, 3.63) is 42.5 Å². The number of carbonyl (C=O) groups is 1. The molecule has 2 atom stereocenters. The molecule has 104 valence electrons. The van der Waals surface area contributed by atoms with E-state index >= 15 is 0 Å². The van der Waals surface area contributed by atoms with E-state index in [1.807, 2.05) is 0 Å². The molecule has 1 aromatic carbocycles. The van der Waals surface area contributed by atoms with E-state index in [4.69, 9.17) is 4.74 Å². The van der Waals surface area contributed by atoms with E-state index in [2.05, 4.69) is 11.3 Å². The van der Waals surface area contributed by atoms with Crippen molar-refractivity contribution in [2.24, 2.45) is 0 Å². The maximum Gasteiger partial charge on any atom is 0.338 e. The lowest BCUT2D eigenvalue weighted by Crippen LogP contribution is -2.29. The molecular weight excluding hydrogens is 248 g/mol. The predicted octanol–water partition coefficient (Wildman–Crippen LogP) is 1.21. The van der Waals surface area contributed by atoms with Gasteiger partial charge in [0.15, 0.2) is 6.10 Å². The molecular formula is C14H18O5. The first-order valence-corrected chi connectivity index (χ1v) is 5.96. The van der Waals surface area contributed by atoms with Crippen molar-refractivity contribution in [3.8, 4) is 5.75 Å². The van der Waals surface area contributed by atoms with Crippen LogP contribution in [0.2, 0.25) is 0 Å². The number of carbonyl (C=O) groups excluding carboxylic acids is 1. The number of aliphatic hydroxyl groups is 2. The van der Waals surface area contributed by atoms with Gasteiger partial charge in [0, 0.05) is 0 Å². The van der Waals surface area contributed by atoms with Gasteiger partial charge in [0.2, 0.25) is 0 Å². The summed E-state index contributed by atoms with van der Waals surface area (Å²) < 4.78 is 9.92. The molecule has 0 aromatic heterocycles. The summed E-state index contributed by atoms with van der Waals surface area (Å²) in [5, 5.41) is 19.5. The Hall–Kier alpha value is -1.85. The Morgan fingerprint density at radius 3 is 2.53 bits per heavy atom. The quantitative estimate of drug-likeness (QED) is 0.573. The summed E-state index contributed by atoms with van der Waals surface area (Å²) in [6, 6.07) is 6.43. The Balaban J connectivity index is 2.68. The van der Waals surface area contributed by atoms with Crippen molar-refractivity contribution >= 4 is 5.97 Å². The molecule has 0 bridgehead atoms. The fraction of sp³-hybridized carbons (Fsp3) is 0.357. The van der Waals surface area contributed by atoms with Crippen LogP contribution >= 0.6 is 0 Å². The van der Waals surface area contributed by atoms with Crippen LogP contribution < -0.4 is 4.74 Å². The maximum atomic E-state index is 11.3. The third-order valence-electron chi connectivity index (χ3n) is 2.42. The molecule has 0 amide bonds.